The number of aromatic hydroxyl groups is 1. The van der Waals surface area contributed by atoms with Gasteiger partial charge in [-0.05, 0) is 78.1 Å². The second-order valence-corrected chi connectivity index (χ2v) is 22.1. The number of carbonyl (C=O) groups excluding carboxylic acids is 4. The number of hydrogen-bond acceptors (Lipinski definition) is 12. The Kier molecular flexibility index (Phi) is 18.0. The smallest absolute Gasteiger partial charge is 0.251 e. The molecule has 2 saturated heterocycles. The predicted molar refractivity (Wildman–Crippen MR) is 303 cm³/mol. The summed E-state index contributed by atoms with van der Waals surface area (Å²) < 4.78 is 69.7. The van der Waals surface area contributed by atoms with Crippen LogP contribution in [0, 0.1) is 40.0 Å². The molecular weight excluding hydrogens is 1120 g/mol. The predicted octanol–water partition coefficient (Wildman–Crippen LogP) is 10.0. The number of likely N-dealkylation sites (N-methyl/N-ethyl adjacent to an activating group) is 1. The van der Waals surface area contributed by atoms with Gasteiger partial charge in [-0.25, -0.2) is 22.5 Å². The van der Waals surface area contributed by atoms with Gasteiger partial charge >= 0.3 is 0 Å². The molecule has 4 amide bonds. The minimum absolute atomic E-state index is 0.0131. The summed E-state index contributed by atoms with van der Waals surface area (Å²) in [6.07, 6.45) is 1.37. The number of benzene rings is 5. The summed E-state index contributed by atoms with van der Waals surface area (Å²) in [6.45, 7) is 10.6. The van der Waals surface area contributed by atoms with Crippen molar-refractivity contribution in [3.05, 3.63) is 147 Å². The van der Waals surface area contributed by atoms with Crippen molar-refractivity contribution in [3.63, 3.8) is 0 Å². The molecule has 2 aliphatic heterocycles. The molecule has 1 aromatic heterocycles. The molecule has 8 rings (SSSR count). The van der Waals surface area contributed by atoms with E-state index in [1.165, 1.54) is 91.9 Å². The number of nitriles is 1. The number of fused-ring (bicyclic) bond motifs is 1. The van der Waals surface area contributed by atoms with E-state index in [1.807, 2.05) is 25.7 Å². The zero-order valence-corrected chi connectivity index (χ0v) is 47.0. The van der Waals surface area contributed by atoms with Crippen molar-refractivity contribution in [3.8, 4) is 28.7 Å². The molecule has 3 heterocycles. The lowest BCUT2D eigenvalue weighted by atomic mass is 9.62. The van der Waals surface area contributed by atoms with Crippen molar-refractivity contribution in [1.82, 2.24) is 30.4 Å². The van der Waals surface area contributed by atoms with Gasteiger partial charge in [0.1, 0.15) is 45.7 Å². The van der Waals surface area contributed by atoms with Gasteiger partial charge in [0.05, 0.1) is 40.5 Å². The summed E-state index contributed by atoms with van der Waals surface area (Å²) in [7, 11) is 2.87. The van der Waals surface area contributed by atoms with Gasteiger partial charge in [-0.1, -0.05) is 86.4 Å². The van der Waals surface area contributed by atoms with E-state index >= 15 is 17.6 Å². The second-order valence-electron chi connectivity index (χ2n) is 20.8. The first kappa shape index (κ1) is 59.4. The molecule has 5 N–H and O–H groups in total. The van der Waals surface area contributed by atoms with Crippen LogP contribution in [0.25, 0.3) is 22.0 Å². The van der Waals surface area contributed by atoms with E-state index < -0.39 is 80.8 Å². The average Bonchev–Trinajstić information content (AvgIpc) is 4.02. The van der Waals surface area contributed by atoms with Crippen LogP contribution in [0.4, 0.5) is 35.0 Å². The Bertz CT molecular complexity index is 3480. The molecule has 81 heavy (non-hydrogen) atoms. The molecule has 6 aromatic rings. The lowest BCUT2D eigenvalue weighted by molar-refractivity contribution is -0.129. The molecule has 0 bridgehead atoms. The molecule has 2 aliphatic rings. The van der Waals surface area contributed by atoms with Crippen molar-refractivity contribution >= 4 is 86.8 Å². The normalized spacial score (nSPS) is 18.0. The van der Waals surface area contributed by atoms with E-state index in [9.17, 15) is 29.5 Å². The van der Waals surface area contributed by atoms with Crippen LogP contribution in [0.2, 0.25) is 15.1 Å². The first-order chi connectivity index (χ1) is 38.5. The van der Waals surface area contributed by atoms with E-state index in [2.05, 4.69) is 43.9 Å². The van der Waals surface area contributed by atoms with Gasteiger partial charge in [0.25, 0.3) is 5.91 Å². The molecule has 0 radical (unpaired) electrons. The number of ether oxygens (including phenoxy) is 1. The van der Waals surface area contributed by atoms with Crippen molar-refractivity contribution in [2.75, 3.05) is 75.5 Å². The molecule has 23 heteroatoms. The number of halogens is 7. The minimum Gasteiger partial charge on any atom is -0.507 e. The van der Waals surface area contributed by atoms with Gasteiger partial charge in [-0.2, -0.15) is 10.2 Å². The third-order valence-corrected chi connectivity index (χ3v) is 15.2. The van der Waals surface area contributed by atoms with E-state index in [-0.39, 0.29) is 110 Å². The monoisotopic (exact) mass is 1170 g/mol. The second kappa shape index (κ2) is 24.6. The molecule has 0 saturated carbocycles. The van der Waals surface area contributed by atoms with Gasteiger partial charge in [0.2, 0.25) is 23.7 Å². The van der Waals surface area contributed by atoms with Crippen LogP contribution in [-0.4, -0.2) is 121 Å². The Labute approximate surface area is 480 Å². The van der Waals surface area contributed by atoms with Gasteiger partial charge in [-0.15, -0.1) is 0 Å². The summed E-state index contributed by atoms with van der Waals surface area (Å²) in [4.78, 5) is 67.7. The van der Waals surface area contributed by atoms with Crippen LogP contribution in [0.3, 0.4) is 0 Å². The zero-order valence-electron chi connectivity index (χ0n) is 44.7. The molecule has 0 spiro atoms. The van der Waals surface area contributed by atoms with Crippen molar-refractivity contribution in [1.29, 1.82) is 5.26 Å². The highest BCUT2D eigenvalue weighted by molar-refractivity contribution is 6.34. The Morgan fingerprint density at radius 1 is 0.926 bits per heavy atom. The number of aromatic nitrogens is 2. The molecule has 424 valence electrons. The number of rotatable bonds is 17. The van der Waals surface area contributed by atoms with Crippen molar-refractivity contribution < 1.29 is 46.6 Å². The fourth-order valence-electron chi connectivity index (χ4n) is 10.5. The van der Waals surface area contributed by atoms with Gasteiger partial charge in [-0.3, -0.25) is 19.2 Å². The molecule has 4 atom stereocenters. The highest BCUT2D eigenvalue weighted by atomic mass is 35.5. The maximum Gasteiger partial charge on any atom is 0.251 e. The summed E-state index contributed by atoms with van der Waals surface area (Å²) in [5, 5.41) is 33.4. The van der Waals surface area contributed by atoms with E-state index in [1.54, 1.807) is 4.90 Å². The van der Waals surface area contributed by atoms with Crippen LogP contribution < -0.4 is 30.9 Å². The van der Waals surface area contributed by atoms with Crippen LogP contribution in [-0.2, 0) is 19.8 Å². The number of carbonyl (C=O) groups is 4. The van der Waals surface area contributed by atoms with Gasteiger partial charge < -0.3 is 45.8 Å². The lowest BCUT2D eigenvalue weighted by Crippen LogP contribution is -2.48. The lowest BCUT2D eigenvalue weighted by Gasteiger charge is -2.37. The molecule has 5 aromatic carbocycles. The third kappa shape index (κ3) is 12.3. The van der Waals surface area contributed by atoms with Gasteiger partial charge in [0.15, 0.2) is 5.82 Å². The standard InChI is InChI=1S/C58H57Cl3F4N10O6/c1-7-44(77)74-22-24-75(25-23-74)53-34-28-37(61)46(47-38(62)12-9-13-41(47)76)50(65)51(34)71-56(72-53)68-19-18-45(78)73(5)21-20-67-54(79)31-14-17-40(42(26-31)81-6)69-55(80)52-48(33-10-8-11-36(60)49(33)64)58(30-66,43(70-52)29-57(2,3)4)35-16-15-32(59)27-39(35)63/h7-17,26-28,43,48,52,70,76H,1,18-25,29H2,2-6H3,(H,67,79)(H,69,80)(H,68,71,72)/t43-,48-,52+,58-/m0/s1. The third-order valence-electron chi connectivity index (χ3n) is 14.4. The first-order valence-electron chi connectivity index (χ1n) is 25.7. The SMILES string of the molecule is C=CC(=O)N1CCN(c2nc(NCCC(=O)N(C)CCNC(=O)c3ccc(NC(=O)[C@@H]4N[C@@H](CC(C)(C)C)[C@](C#N)(c5ccc(Cl)cc5F)[C@H]4c4cccc(Cl)c4F)c(OC)c3)nc3c(F)c(-c4c(O)cccc4F)c(Cl)cc23)CC1. The Hall–Kier alpha value is -7.70. The molecule has 2 fully saturated rings. The van der Waals surface area contributed by atoms with Crippen molar-refractivity contribution in [2.24, 2.45) is 5.41 Å². The number of phenols is 1. The Morgan fingerprint density at radius 2 is 1.65 bits per heavy atom. The van der Waals surface area contributed by atoms with E-state index in [0.29, 0.717) is 26.2 Å². The maximum atomic E-state index is 16.6. The van der Waals surface area contributed by atoms with Crippen LogP contribution in [0.15, 0.2) is 91.5 Å². The molecule has 0 aliphatic carbocycles. The number of piperazine rings is 1. The molecule has 16 nitrogen and oxygen atoms in total. The number of nitrogens with one attached hydrogen (secondary N) is 4. The number of phenolic OH excluding ortho intramolecular Hbond substituents is 1. The van der Waals surface area contributed by atoms with Crippen LogP contribution in [0.1, 0.15) is 61.0 Å². The van der Waals surface area contributed by atoms with Crippen LogP contribution >= 0.6 is 34.8 Å². The maximum absolute atomic E-state index is 16.6. The number of nitrogens with zero attached hydrogens (tertiary/aromatic N) is 6. The molecular formula is C58H57Cl3F4N10O6. The minimum atomic E-state index is -1.87. The number of amides is 4. The van der Waals surface area contributed by atoms with Crippen LogP contribution in [0.5, 0.6) is 11.5 Å². The average molecular weight is 1170 g/mol. The van der Waals surface area contributed by atoms with Gasteiger partial charge in [0, 0.05) is 98.3 Å². The summed E-state index contributed by atoms with van der Waals surface area (Å²) in [5.74, 6) is -7.10. The number of anilines is 3. The summed E-state index contributed by atoms with van der Waals surface area (Å²) in [6, 6.07) is 17.3. The summed E-state index contributed by atoms with van der Waals surface area (Å²) >= 11 is 19.1. The Balaban J connectivity index is 0.938. The fraction of sp³-hybridized carbons (Fsp3) is 0.328. The fourth-order valence-corrected chi connectivity index (χ4v) is 11.1. The van der Waals surface area contributed by atoms with Crippen molar-refractivity contribution in [2.45, 2.75) is 57.0 Å². The topological polar surface area (TPSA) is 205 Å². The summed E-state index contributed by atoms with van der Waals surface area (Å²) in [5.41, 5.74) is -3.37. The number of hydrogen-bond donors (Lipinski definition) is 5. The molecule has 0 unspecified atom stereocenters. The van der Waals surface area contributed by atoms with E-state index in [0.717, 1.165) is 12.1 Å². The largest absolute Gasteiger partial charge is 0.507 e. The highest BCUT2D eigenvalue weighted by Gasteiger charge is 2.61. The number of methoxy groups -OCH3 is 1. The Morgan fingerprint density at radius 3 is 2.32 bits per heavy atom. The first-order valence-corrected chi connectivity index (χ1v) is 26.8. The highest BCUT2D eigenvalue weighted by Crippen LogP contribution is 2.53. The van der Waals surface area contributed by atoms with E-state index in [4.69, 9.17) is 39.5 Å². The zero-order chi connectivity index (χ0) is 58.7. The quantitative estimate of drug-likeness (QED) is 0.0428.